The van der Waals surface area contributed by atoms with Crippen molar-refractivity contribution in [2.45, 2.75) is 20.8 Å². The zero-order valence-electron chi connectivity index (χ0n) is 13.5. The van der Waals surface area contributed by atoms with Crippen LogP contribution < -0.4 is 10.6 Å². The largest absolute Gasteiger partial charge is 0.324 e. The third kappa shape index (κ3) is 3.90. The molecule has 0 aliphatic heterocycles. The fourth-order valence-corrected chi connectivity index (χ4v) is 2.72. The predicted molar refractivity (Wildman–Crippen MR) is 93.8 cm³/mol. The van der Waals surface area contributed by atoms with Crippen molar-refractivity contribution in [3.05, 3.63) is 52.3 Å². The van der Waals surface area contributed by atoms with Gasteiger partial charge in [0, 0.05) is 22.6 Å². The SMILES string of the molecule is Cc1cc(C)nc(Nc2ccc(C(=O)Nc3nnc(C)s3)cc2)n1. The van der Waals surface area contributed by atoms with E-state index in [1.807, 2.05) is 26.8 Å². The molecule has 0 unspecified atom stereocenters. The molecule has 0 aliphatic rings. The average Bonchev–Trinajstić information content (AvgIpc) is 2.92. The molecule has 2 N–H and O–H groups in total. The second-order valence-corrected chi connectivity index (χ2v) is 6.44. The number of benzene rings is 1. The molecule has 0 fully saturated rings. The van der Waals surface area contributed by atoms with Gasteiger partial charge in [0.05, 0.1) is 0 Å². The molecule has 0 radical (unpaired) electrons. The molecule has 0 bridgehead atoms. The van der Waals surface area contributed by atoms with Gasteiger partial charge in [0.1, 0.15) is 5.01 Å². The Morgan fingerprint density at radius 3 is 2.25 bits per heavy atom. The van der Waals surface area contributed by atoms with Crippen LogP contribution in [0.2, 0.25) is 0 Å². The van der Waals surface area contributed by atoms with Crippen LogP contribution in [-0.2, 0) is 0 Å². The number of nitrogens with zero attached hydrogens (tertiary/aromatic N) is 4. The lowest BCUT2D eigenvalue weighted by atomic mass is 10.2. The topological polar surface area (TPSA) is 92.7 Å². The first-order valence-electron chi connectivity index (χ1n) is 7.30. The lowest BCUT2D eigenvalue weighted by Gasteiger charge is -2.07. The zero-order valence-corrected chi connectivity index (χ0v) is 14.3. The van der Waals surface area contributed by atoms with Gasteiger partial charge in [-0.1, -0.05) is 11.3 Å². The lowest BCUT2D eigenvalue weighted by Crippen LogP contribution is -2.11. The van der Waals surface area contributed by atoms with Crippen LogP contribution in [0, 0.1) is 20.8 Å². The summed E-state index contributed by atoms with van der Waals surface area (Å²) < 4.78 is 0. The van der Waals surface area contributed by atoms with Crippen LogP contribution in [0.3, 0.4) is 0 Å². The van der Waals surface area contributed by atoms with Crippen molar-refractivity contribution in [3.63, 3.8) is 0 Å². The fourth-order valence-electron chi connectivity index (χ4n) is 2.13. The van der Waals surface area contributed by atoms with Crippen LogP contribution >= 0.6 is 11.3 Å². The third-order valence-electron chi connectivity index (χ3n) is 3.13. The Labute approximate surface area is 143 Å². The van der Waals surface area contributed by atoms with Crippen molar-refractivity contribution in [2.75, 3.05) is 10.6 Å². The highest BCUT2D eigenvalue weighted by Gasteiger charge is 2.09. The molecule has 1 amide bonds. The van der Waals surface area contributed by atoms with E-state index in [-0.39, 0.29) is 5.91 Å². The molecule has 3 rings (SSSR count). The van der Waals surface area contributed by atoms with Gasteiger partial charge in [-0.2, -0.15) is 0 Å². The molecule has 0 aliphatic carbocycles. The molecule has 8 heteroatoms. The van der Waals surface area contributed by atoms with Crippen molar-refractivity contribution < 1.29 is 4.79 Å². The number of amides is 1. The van der Waals surface area contributed by atoms with Gasteiger partial charge >= 0.3 is 0 Å². The van der Waals surface area contributed by atoms with Crippen LogP contribution in [0.1, 0.15) is 26.8 Å². The van der Waals surface area contributed by atoms with E-state index in [4.69, 9.17) is 0 Å². The summed E-state index contributed by atoms with van der Waals surface area (Å²) in [6.45, 7) is 5.67. The highest BCUT2D eigenvalue weighted by atomic mass is 32.1. The maximum atomic E-state index is 12.2. The molecule has 0 saturated carbocycles. The van der Waals surface area contributed by atoms with Gasteiger partial charge in [-0.15, -0.1) is 10.2 Å². The third-order valence-corrected chi connectivity index (χ3v) is 3.89. The fraction of sp³-hybridized carbons (Fsp3) is 0.188. The molecule has 1 aromatic carbocycles. The zero-order chi connectivity index (χ0) is 17.1. The molecule has 0 atom stereocenters. The number of hydrogen-bond donors (Lipinski definition) is 2. The maximum Gasteiger partial charge on any atom is 0.257 e. The minimum absolute atomic E-state index is 0.222. The number of nitrogens with one attached hydrogen (secondary N) is 2. The van der Waals surface area contributed by atoms with Gasteiger partial charge in [0.2, 0.25) is 11.1 Å². The molecule has 0 spiro atoms. The van der Waals surface area contributed by atoms with E-state index in [9.17, 15) is 4.79 Å². The van der Waals surface area contributed by atoms with E-state index in [0.717, 1.165) is 22.1 Å². The maximum absolute atomic E-state index is 12.2. The monoisotopic (exact) mass is 340 g/mol. The molecule has 7 nitrogen and oxygen atoms in total. The first-order chi connectivity index (χ1) is 11.5. The van der Waals surface area contributed by atoms with E-state index in [1.54, 1.807) is 24.3 Å². The molecule has 24 heavy (non-hydrogen) atoms. The number of hydrogen-bond acceptors (Lipinski definition) is 7. The van der Waals surface area contributed by atoms with Crippen molar-refractivity contribution in [2.24, 2.45) is 0 Å². The number of carbonyl (C=O) groups is 1. The number of rotatable bonds is 4. The quantitative estimate of drug-likeness (QED) is 0.757. The van der Waals surface area contributed by atoms with Crippen molar-refractivity contribution in [1.82, 2.24) is 20.2 Å². The molecule has 2 aromatic heterocycles. The molecular formula is C16H16N6OS. The van der Waals surface area contributed by atoms with Gasteiger partial charge in [-0.25, -0.2) is 9.97 Å². The van der Waals surface area contributed by atoms with Crippen LogP contribution in [0.25, 0.3) is 0 Å². The van der Waals surface area contributed by atoms with E-state index < -0.39 is 0 Å². The van der Waals surface area contributed by atoms with Crippen LogP contribution in [-0.4, -0.2) is 26.1 Å². The van der Waals surface area contributed by atoms with Crippen LogP contribution in [0.15, 0.2) is 30.3 Å². The van der Waals surface area contributed by atoms with E-state index in [1.165, 1.54) is 11.3 Å². The van der Waals surface area contributed by atoms with E-state index >= 15 is 0 Å². The second kappa shape index (κ2) is 6.71. The minimum atomic E-state index is -0.222. The lowest BCUT2D eigenvalue weighted by molar-refractivity contribution is 0.102. The standard InChI is InChI=1S/C16H16N6OS/c1-9-8-10(2)18-15(17-9)19-13-6-4-12(5-7-13)14(23)20-16-22-21-11(3)24-16/h4-8H,1-3H3,(H,17,18,19)(H,20,22,23). The van der Waals surface area contributed by atoms with Crippen molar-refractivity contribution in [1.29, 1.82) is 0 Å². The molecule has 122 valence electrons. The van der Waals surface area contributed by atoms with Gasteiger partial charge in [0.25, 0.3) is 5.91 Å². The van der Waals surface area contributed by atoms with E-state index in [2.05, 4.69) is 30.8 Å². The number of aryl methyl sites for hydroxylation is 3. The van der Waals surface area contributed by atoms with Crippen molar-refractivity contribution in [3.8, 4) is 0 Å². The van der Waals surface area contributed by atoms with E-state index in [0.29, 0.717) is 16.6 Å². The minimum Gasteiger partial charge on any atom is -0.324 e. The number of anilines is 3. The normalized spacial score (nSPS) is 10.5. The average molecular weight is 340 g/mol. The Balaban J connectivity index is 1.69. The summed E-state index contributed by atoms with van der Waals surface area (Å²) in [5, 5.41) is 14.9. The molecule has 3 aromatic rings. The Morgan fingerprint density at radius 2 is 1.67 bits per heavy atom. The second-order valence-electron chi connectivity index (χ2n) is 5.26. The highest BCUT2D eigenvalue weighted by molar-refractivity contribution is 7.15. The summed E-state index contributed by atoms with van der Waals surface area (Å²) in [7, 11) is 0. The highest BCUT2D eigenvalue weighted by Crippen LogP contribution is 2.17. The van der Waals surface area contributed by atoms with Gasteiger partial charge < -0.3 is 5.32 Å². The Bertz CT molecular complexity index is 854. The Kier molecular flexibility index (Phi) is 4.48. The molecule has 0 saturated heterocycles. The summed E-state index contributed by atoms with van der Waals surface area (Å²) >= 11 is 1.34. The number of aromatic nitrogens is 4. The summed E-state index contributed by atoms with van der Waals surface area (Å²) in [5.41, 5.74) is 3.14. The van der Waals surface area contributed by atoms with Gasteiger partial charge in [-0.3, -0.25) is 10.1 Å². The summed E-state index contributed by atoms with van der Waals surface area (Å²) in [6.07, 6.45) is 0. The Morgan fingerprint density at radius 1 is 1.00 bits per heavy atom. The summed E-state index contributed by atoms with van der Waals surface area (Å²) in [6, 6.07) is 8.98. The predicted octanol–water partition coefficient (Wildman–Crippen LogP) is 3.25. The van der Waals surface area contributed by atoms with Crippen LogP contribution in [0.4, 0.5) is 16.8 Å². The van der Waals surface area contributed by atoms with Crippen molar-refractivity contribution >= 4 is 34.0 Å². The van der Waals surface area contributed by atoms with Crippen LogP contribution in [0.5, 0.6) is 0 Å². The summed E-state index contributed by atoms with van der Waals surface area (Å²) in [5.74, 6) is 0.314. The summed E-state index contributed by atoms with van der Waals surface area (Å²) in [4.78, 5) is 20.8. The first kappa shape index (κ1) is 16.0. The first-order valence-corrected chi connectivity index (χ1v) is 8.12. The molecule has 2 heterocycles. The van der Waals surface area contributed by atoms with Gasteiger partial charge in [-0.05, 0) is 51.1 Å². The Hall–Kier alpha value is -2.87. The smallest absolute Gasteiger partial charge is 0.257 e. The number of carbonyl (C=O) groups excluding carboxylic acids is 1. The molecular weight excluding hydrogens is 324 g/mol. The van der Waals surface area contributed by atoms with Gasteiger partial charge in [0.15, 0.2) is 0 Å².